The molecule has 1 fully saturated rings. The predicted molar refractivity (Wildman–Crippen MR) is 127 cm³/mol. The summed E-state index contributed by atoms with van der Waals surface area (Å²) in [7, 11) is 0. The topological polar surface area (TPSA) is 109 Å². The van der Waals surface area contributed by atoms with Crippen molar-refractivity contribution < 1.29 is 14.3 Å². The van der Waals surface area contributed by atoms with Crippen LogP contribution in [0, 0.1) is 0 Å². The number of nitrogens with zero attached hydrogens (tertiary/aromatic N) is 4. The minimum atomic E-state index is -0.423. The van der Waals surface area contributed by atoms with E-state index in [1.54, 1.807) is 23.8 Å². The zero-order valence-corrected chi connectivity index (χ0v) is 19.2. The van der Waals surface area contributed by atoms with E-state index in [2.05, 4.69) is 30.5 Å². The van der Waals surface area contributed by atoms with Gasteiger partial charge in [0.25, 0.3) is 0 Å². The number of thiazole rings is 1. The number of rotatable bonds is 7. The molecule has 3 aromatic rings. The standard InChI is InChI=1S/C23H26N6O3S/c1-2-32-22(30)18-7-3-4-13-29(18)14-17-6-5-8-19(25-17)27-23(31)28-20-15-33-21(26-20)16-9-11-24-12-10-16/h5-6,8-12,15,18H,2-4,7,13-14H2,1H3,(H2,25,27,28,31). The Hall–Kier alpha value is -3.37. The van der Waals surface area contributed by atoms with Gasteiger partial charge in [0, 0.05) is 29.9 Å². The molecule has 9 nitrogen and oxygen atoms in total. The van der Waals surface area contributed by atoms with E-state index < -0.39 is 6.03 Å². The maximum atomic E-state index is 12.5. The molecule has 1 atom stereocenters. The van der Waals surface area contributed by atoms with Gasteiger partial charge >= 0.3 is 12.0 Å². The fourth-order valence-electron chi connectivity index (χ4n) is 3.75. The van der Waals surface area contributed by atoms with Crippen LogP contribution in [0.3, 0.4) is 0 Å². The lowest BCUT2D eigenvalue weighted by Gasteiger charge is -2.33. The van der Waals surface area contributed by atoms with E-state index in [1.165, 1.54) is 11.3 Å². The smallest absolute Gasteiger partial charge is 0.326 e. The number of nitrogens with one attached hydrogen (secondary N) is 2. The molecule has 4 heterocycles. The third-order valence-electron chi connectivity index (χ3n) is 5.26. The Morgan fingerprint density at radius 3 is 2.76 bits per heavy atom. The zero-order valence-electron chi connectivity index (χ0n) is 18.4. The third-order valence-corrected chi connectivity index (χ3v) is 6.15. The van der Waals surface area contributed by atoms with Crippen molar-refractivity contribution in [1.82, 2.24) is 19.9 Å². The first-order valence-electron chi connectivity index (χ1n) is 10.9. The summed E-state index contributed by atoms with van der Waals surface area (Å²) in [6.45, 7) is 3.52. The maximum absolute atomic E-state index is 12.5. The van der Waals surface area contributed by atoms with Gasteiger partial charge in [0.15, 0.2) is 0 Å². The Balaban J connectivity index is 1.36. The van der Waals surface area contributed by atoms with Gasteiger partial charge in [-0.15, -0.1) is 11.3 Å². The molecule has 172 valence electrons. The molecule has 1 saturated heterocycles. The lowest BCUT2D eigenvalue weighted by atomic mass is 10.0. The molecule has 10 heteroatoms. The minimum absolute atomic E-state index is 0.180. The van der Waals surface area contributed by atoms with Crippen LogP contribution in [0.25, 0.3) is 10.6 Å². The number of likely N-dealkylation sites (tertiary alicyclic amines) is 1. The number of hydrogen-bond donors (Lipinski definition) is 2. The number of ether oxygens (including phenoxy) is 1. The highest BCUT2D eigenvalue weighted by atomic mass is 32.1. The van der Waals surface area contributed by atoms with Crippen molar-refractivity contribution in [2.75, 3.05) is 23.8 Å². The fourth-order valence-corrected chi connectivity index (χ4v) is 4.51. The second-order valence-corrected chi connectivity index (χ2v) is 8.46. The van der Waals surface area contributed by atoms with E-state index in [-0.39, 0.29) is 12.0 Å². The molecule has 0 bridgehead atoms. The molecule has 2 amide bonds. The molecule has 4 rings (SSSR count). The number of aromatic nitrogens is 3. The predicted octanol–water partition coefficient (Wildman–Crippen LogP) is 4.16. The second kappa shape index (κ2) is 11.0. The third kappa shape index (κ3) is 6.11. The average Bonchev–Trinajstić information content (AvgIpc) is 3.29. The first-order chi connectivity index (χ1) is 16.1. The molecule has 1 aliphatic rings. The van der Waals surface area contributed by atoms with Crippen LogP contribution in [0.4, 0.5) is 16.4 Å². The van der Waals surface area contributed by atoms with Gasteiger partial charge in [-0.3, -0.25) is 25.3 Å². The lowest BCUT2D eigenvalue weighted by molar-refractivity contribution is -0.151. The van der Waals surface area contributed by atoms with Crippen molar-refractivity contribution in [3.05, 3.63) is 53.8 Å². The van der Waals surface area contributed by atoms with E-state index in [9.17, 15) is 9.59 Å². The van der Waals surface area contributed by atoms with Crippen molar-refractivity contribution in [1.29, 1.82) is 0 Å². The van der Waals surface area contributed by atoms with E-state index in [4.69, 9.17) is 4.74 Å². The summed E-state index contributed by atoms with van der Waals surface area (Å²) in [5, 5.41) is 8.07. The first kappa shape index (κ1) is 22.8. The van der Waals surface area contributed by atoms with Gasteiger partial charge in [0.1, 0.15) is 22.7 Å². The fraction of sp³-hybridized carbons (Fsp3) is 0.348. The van der Waals surface area contributed by atoms with Crippen LogP contribution < -0.4 is 10.6 Å². The SMILES string of the molecule is CCOC(=O)C1CCCCN1Cc1cccc(NC(=O)Nc2csc(-c3ccncc3)n2)n1. The minimum Gasteiger partial charge on any atom is -0.465 e. The van der Waals surface area contributed by atoms with Crippen LogP contribution in [-0.4, -0.2) is 51.0 Å². The van der Waals surface area contributed by atoms with Gasteiger partial charge in [0.05, 0.1) is 12.3 Å². The monoisotopic (exact) mass is 466 g/mol. The summed E-state index contributed by atoms with van der Waals surface area (Å²) >= 11 is 1.44. The van der Waals surface area contributed by atoms with Gasteiger partial charge < -0.3 is 4.74 Å². The Bertz CT molecular complexity index is 1090. The zero-order chi connectivity index (χ0) is 23.0. The van der Waals surface area contributed by atoms with Gasteiger partial charge in [-0.25, -0.2) is 14.8 Å². The molecule has 0 aromatic carbocycles. The van der Waals surface area contributed by atoms with Crippen molar-refractivity contribution in [3.63, 3.8) is 0 Å². The highest BCUT2D eigenvalue weighted by Crippen LogP contribution is 2.25. The van der Waals surface area contributed by atoms with Crippen molar-refractivity contribution in [2.24, 2.45) is 0 Å². The highest BCUT2D eigenvalue weighted by molar-refractivity contribution is 7.13. The molecular formula is C23H26N6O3S. The van der Waals surface area contributed by atoms with Crippen molar-refractivity contribution in [2.45, 2.75) is 38.8 Å². The molecule has 3 aromatic heterocycles. The number of pyridine rings is 2. The van der Waals surface area contributed by atoms with Crippen LogP contribution in [0.15, 0.2) is 48.1 Å². The number of urea groups is 1. The summed E-state index contributed by atoms with van der Waals surface area (Å²) in [6, 6.07) is 8.52. The van der Waals surface area contributed by atoms with E-state index in [0.29, 0.717) is 24.8 Å². The summed E-state index contributed by atoms with van der Waals surface area (Å²) < 4.78 is 5.24. The average molecular weight is 467 g/mol. The lowest BCUT2D eigenvalue weighted by Crippen LogP contribution is -2.45. The van der Waals surface area contributed by atoms with Gasteiger partial charge in [-0.2, -0.15) is 0 Å². The van der Waals surface area contributed by atoms with Gasteiger partial charge in [-0.05, 0) is 50.6 Å². The van der Waals surface area contributed by atoms with Crippen LogP contribution in [0.5, 0.6) is 0 Å². The molecule has 0 aliphatic carbocycles. The van der Waals surface area contributed by atoms with Crippen LogP contribution in [0.2, 0.25) is 0 Å². The summed E-state index contributed by atoms with van der Waals surface area (Å²) in [6.07, 6.45) is 6.23. The van der Waals surface area contributed by atoms with Crippen molar-refractivity contribution >= 4 is 35.0 Å². The molecule has 2 N–H and O–H groups in total. The largest absolute Gasteiger partial charge is 0.465 e. The Labute approximate surface area is 196 Å². The van der Waals surface area contributed by atoms with Gasteiger partial charge in [0.2, 0.25) is 0 Å². The molecule has 1 unspecified atom stereocenters. The Kier molecular flexibility index (Phi) is 7.59. The molecule has 0 radical (unpaired) electrons. The summed E-state index contributed by atoms with van der Waals surface area (Å²) in [4.78, 5) is 39.9. The molecule has 0 saturated carbocycles. The number of carbonyl (C=O) groups is 2. The number of piperidine rings is 1. The molecule has 1 aliphatic heterocycles. The molecule has 0 spiro atoms. The first-order valence-corrected chi connectivity index (χ1v) is 11.8. The van der Waals surface area contributed by atoms with Crippen LogP contribution in [0.1, 0.15) is 31.9 Å². The number of amides is 2. The maximum Gasteiger partial charge on any atom is 0.326 e. The Morgan fingerprint density at radius 1 is 1.12 bits per heavy atom. The Morgan fingerprint density at radius 2 is 1.94 bits per heavy atom. The van der Waals surface area contributed by atoms with E-state index in [1.807, 2.05) is 31.2 Å². The molecule has 33 heavy (non-hydrogen) atoms. The molecular weight excluding hydrogens is 440 g/mol. The second-order valence-electron chi connectivity index (χ2n) is 7.60. The van der Waals surface area contributed by atoms with Crippen molar-refractivity contribution in [3.8, 4) is 10.6 Å². The highest BCUT2D eigenvalue weighted by Gasteiger charge is 2.30. The number of esters is 1. The number of hydrogen-bond acceptors (Lipinski definition) is 8. The summed E-state index contributed by atoms with van der Waals surface area (Å²) in [5.41, 5.74) is 1.72. The normalized spacial score (nSPS) is 16.2. The van der Waals surface area contributed by atoms with E-state index in [0.717, 1.165) is 42.1 Å². The van der Waals surface area contributed by atoms with Gasteiger partial charge in [-0.1, -0.05) is 12.5 Å². The van der Waals surface area contributed by atoms with Crippen LogP contribution >= 0.6 is 11.3 Å². The number of anilines is 2. The summed E-state index contributed by atoms with van der Waals surface area (Å²) in [5.74, 6) is 0.714. The quantitative estimate of drug-likeness (QED) is 0.503. The number of carbonyl (C=O) groups excluding carboxylic acids is 2. The van der Waals surface area contributed by atoms with Crippen LogP contribution in [-0.2, 0) is 16.1 Å². The van der Waals surface area contributed by atoms with E-state index >= 15 is 0 Å².